The smallest absolute Gasteiger partial charge is 0.225 e. The molecule has 2 rings (SSSR count). The highest BCUT2D eigenvalue weighted by Crippen LogP contribution is 2.13. The lowest BCUT2D eigenvalue weighted by Crippen LogP contribution is -2.09. The number of aromatic nitrogens is 3. The second-order valence-corrected chi connectivity index (χ2v) is 3.93. The molecule has 0 saturated carbocycles. The molecule has 7 heteroatoms. The van der Waals surface area contributed by atoms with Crippen LogP contribution >= 0.6 is 0 Å². The summed E-state index contributed by atoms with van der Waals surface area (Å²) in [4.78, 5) is 11.6. The van der Waals surface area contributed by atoms with E-state index in [-0.39, 0.29) is 18.5 Å². The van der Waals surface area contributed by atoms with Crippen LogP contribution in [0.3, 0.4) is 0 Å². The topological polar surface area (TPSA) is 112 Å². The van der Waals surface area contributed by atoms with E-state index >= 15 is 0 Å². The number of nitrogen functional groups attached to an aromatic ring is 2. The average Bonchev–Trinajstić information content (AvgIpc) is 2.37. The Morgan fingerprint density at radius 2 is 1.68 bits per heavy atom. The molecule has 2 aromatic rings. The van der Waals surface area contributed by atoms with Crippen molar-refractivity contribution in [3.8, 4) is 5.75 Å². The third-order valence-corrected chi connectivity index (χ3v) is 2.39. The van der Waals surface area contributed by atoms with Gasteiger partial charge in [0.05, 0.1) is 0 Å². The number of rotatable bonds is 5. The van der Waals surface area contributed by atoms with Crippen molar-refractivity contribution in [3.05, 3.63) is 35.7 Å². The lowest BCUT2D eigenvalue weighted by atomic mass is 10.2. The Labute approximate surface area is 111 Å². The zero-order valence-electron chi connectivity index (χ0n) is 10.6. The van der Waals surface area contributed by atoms with Crippen molar-refractivity contribution in [3.63, 3.8) is 0 Å². The van der Waals surface area contributed by atoms with Gasteiger partial charge in [0.15, 0.2) is 5.82 Å². The van der Waals surface area contributed by atoms with Crippen LogP contribution in [0.2, 0.25) is 0 Å². The molecule has 0 spiro atoms. The first-order chi connectivity index (χ1) is 9.17. The number of anilines is 2. The normalized spacial score (nSPS) is 10.4. The molecule has 1 heterocycles. The molecule has 0 aliphatic rings. The highest BCUT2D eigenvalue weighted by molar-refractivity contribution is 5.28. The van der Waals surface area contributed by atoms with Gasteiger partial charge in [-0.1, -0.05) is 12.1 Å². The fraction of sp³-hybridized carbons (Fsp3) is 0.250. The SMILES string of the molecule is CNCc1ccc(OCc2nc(N)nc(N)n2)cc1. The molecule has 0 aliphatic heterocycles. The molecule has 0 unspecified atom stereocenters. The number of benzene rings is 1. The van der Waals surface area contributed by atoms with E-state index in [4.69, 9.17) is 16.2 Å². The second kappa shape index (κ2) is 5.96. The van der Waals surface area contributed by atoms with Crippen molar-refractivity contribution in [2.75, 3.05) is 18.5 Å². The summed E-state index contributed by atoms with van der Waals surface area (Å²) in [6.07, 6.45) is 0. The second-order valence-electron chi connectivity index (χ2n) is 3.93. The highest BCUT2D eigenvalue weighted by Gasteiger charge is 2.03. The van der Waals surface area contributed by atoms with Crippen LogP contribution in [0.5, 0.6) is 5.75 Å². The minimum atomic E-state index is 0.0930. The maximum absolute atomic E-state index is 5.55. The Hall–Kier alpha value is -2.41. The van der Waals surface area contributed by atoms with E-state index in [1.165, 1.54) is 5.56 Å². The van der Waals surface area contributed by atoms with E-state index < -0.39 is 0 Å². The third kappa shape index (κ3) is 3.78. The first kappa shape index (κ1) is 13.0. The van der Waals surface area contributed by atoms with Gasteiger partial charge in [-0.15, -0.1) is 0 Å². The van der Waals surface area contributed by atoms with Gasteiger partial charge in [0.1, 0.15) is 12.4 Å². The molecule has 0 fully saturated rings. The average molecular weight is 260 g/mol. The number of nitrogens with one attached hydrogen (secondary N) is 1. The van der Waals surface area contributed by atoms with Crippen molar-refractivity contribution in [2.45, 2.75) is 13.2 Å². The van der Waals surface area contributed by atoms with E-state index in [0.29, 0.717) is 5.82 Å². The van der Waals surface area contributed by atoms with Gasteiger partial charge in [0.25, 0.3) is 0 Å². The molecule has 7 nitrogen and oxygen atoms in total. The van der Waals surface area contributed by atoms with Crippen LogP contribution in [-0.4, -0.2) is 22.0 Å². The zero-order chi connectivity index (χ0) is 13.7. The van der Waals surface area contributed by atoms with Crippen molar-refractivity contribution in [2.24, 2.45) is 0 Å². The van der Waals surface area contributed by atoms with Gasteiger partial charge in [-0.3, -0.25) is 0 Å². The Balaban J connectivity index is 1.98. The number of ether oxygens (including phenoxy) is 1. The van der Waals surface area contributed by atoms with Crippen LogP contribution in [0.4, 0.5) is 11.9 Å². The van der Waals surface area contributed by atoms with Crippen LogP contribution in [0, 0.1) is 0 Å². The fourth-order valence-corrected chi connectivity index (χ4v) is 1.58. The molecule has 0 radical (unpaired) electrons. The van der Waals surface area contributed by atoms with Crippen LogP contribution in [-0.2, 0) is 13.2 Å². The van der Waals surface area contributed by atoms with Gasteiger partial charge in [-0.05, 0) is 24.7 Å². The van der Waals surface area contributed by atoms with E-state index in [1.54, 1.807) is 0 Å². The van der Waals surface area contributed by atoms with Gasteiger partial charge in [0, 0.05) is 6.54 Å². The summed E-state index contributed by atoms with van der Waals surface area (Å²) in [6.45, 7) is 1.02. The summed E-state index contributed by atoms with van der Waals surface area (Å²) in [7, 11) is 1.90. The highest BCUT2D eigenvalue weighted by atomic mass is 16.5. The van der Waals surface area contributed by atoms with E-state index in [0.717, 1.165) is 12.3 Å². The first-order valence-corrected chi connectivity index (χ1v) is 5.79. The number of nitrogens with two attached hydrogens (primary N) is 2. The van der Waals surface area contributed by atoms with Crippen molar-refractivity contribution >= 4 is 11.9 Å². The van der Waals surface area contributed by atoms with Gasteiger partial charge in [-0.25, -0.2) is 0 Å². The standard InChI is InChI=1S/C12H16N6O/c1-15-6-8-2-4-9(5-3-8)19-7-10-16-11(13)18-12(14)17-10/h2-5,15H,6-7H2,1H3,(H4,13,14,16,17,18). The molecular formula is C12H16N6O. The van der Waals surface area contributed by atoms with Gasteiger partial charge < -0.3 is 21.5 Å². The molecule has 0 saturated heterocycles. The molecule has 0 atom stereocenters. The maximum atomic E-state index is 5.55. The lowest BCUT2D eigenvalue weighted by molar-refractivity contribution is 0.296. The minimum absolute atomic E-state index is 0.0930. The lowest BCUT2D eigenvalue weighted by Gasteiger charge is -2.07. The molecule has 1 aromatic heterocycles. The molecule has 0 aliphatic carbocycles. The van der Waals surface area contributed by atoms with E-state index in [9.17, 15) is 0 Å². The van der Waals surface area contributed by atoms with Crippen molar-refractivity contribution in [1.29, 1.82) is 0 Å². The number of hydrogen-bond acceptors (Lipinski definition) is 7. The largest absolute Gasteiger partial charge is 0.486 e. The Morgan fingerprint density at radius 1 is 1.05 bits per heavy atom. The molecule has 0 bridgehead atoms. The third-order valence-electron chi connectivity index (χ3n) is 2.39. The zero-order valence-corrected chi connectivity index (χ0v) is 10.6. The van der Waals surface area contributed by atoms with E-state index in [1.807, 2.05) is 31.3 Å². The van der Waals surface area contributed by atoms with E-state index in [2.05, 4.69) is 20.3 Å². The summed E-state index contributed by atoms with van der Waals surface area (Å²) in [5, 5.41) is 3.08. The summed E-state index contributed by atoms with van der Waals surface area (Å²) >= 11 is 0. The van der Waals surface area contributed by atoms with Crippen LogP contribution in [0.25, 0.3) is 0 Å². The quantitative estimate of drug-likeness (QED) is 0.710. The van der Waals surface area contributed by atoms with Gasteiger partial charge >= 0.3 is 0 Å². The summed E-state index contributed by atoms with van der Waals surface area (Å²) in [5.41, 5.74) is 12.1. The molecule has 100 valence electrons. The minimum Gasteiger partial charge on any atom is -0.486 e. The number of hydrogen-bond donors (Lipinski definition) is 3. The van der Waals surface area contributed by atoms with Crippen molar-refractivity contribution < 1.29 is 4.74 Å². The molecule has 0 amide bonds. The number of nitrogens with zero attached hydrogens (tertiary/aromatic N) is 3. The summed E-state index contributed by atoms with van der Waals surface area (Å²) < 4.78 is 5.55. The molecule has 19 heavy (non-hydrogen) atoms. The summed E-state index contributed by atoms with van der Waals surface area (Å²) in [5.74, 6) is 1.33. The van der Waals surface area contributed by atoms with Crippen molar-refractivity contribution in [1.82, 2.24) is 20.3 Å². The molecule has 5 N–H and O–H groups in total. The fourth-order valence-electron chi connectivity index (χ4n) is 1.58. The van der Waals surface area contributed by atoms with Gasteiger partial charge in [-0.2, -0.15) is 15.0 Å². The maximum Gasteiger partial charge on any atom is 0.225 e. The Morgan fingerprint density at radius 3 is 2.26 bits per heavy atom. The molecule has 1 aromatic carbocycles. The van der Waals surface area contributed by atoms with Gasteiger partial charge in [0.2, 0.25) is 11.9 Å². The predicted octanol–water partition coefficient (Wildman–Crippen LogP) is 0.334. The first-order valence-electron chi connectivity index (χ1n) is 5.79. The van der Waals surface area contributed by atoms with Crippen LogP contribution in [0.15, 0.2) is 24.3 Å². The van der Waals surface area contributed by atoms with Crippen LogP contribution in [0.1, 0.15) is 11.4 Å². The Kier molecular flexibility index (Phi) is 4.09. The molecular weight excluding hydrogens is 244 g/mol. The Bertz CT molecular complexity index is 522. The summed E-state index contributed by atoms with van der Waals surface area (Å²) in [6, 6.07) is 7.76. The predicted molar refractivity (Wildman–Crippen MR) is 72.2 cm³/mol. The monoisotopic (exact) mass is 260 g/mol. The van der Waals surface area contributed by atoms with Crippen LogP contribution < -0.4 is 21.5 Å².